The number of nitrogens with two attached hydrogens (primary N) is 1. The van der Waals surface area contributed by atoms with Crippen LogP contribution >= 0.6 is 0 Å². The Morgan fingerprint density at radius 1 is 1.59 bits per heavy atom. The number of urea groups is 1. The molecule has 0 spiro atoms. The number of hydrogen-bond donors (Lipinski definition) is 2. The van der Waals surface area contributed by atoms with Crippen molar-refractivity contribution in [1.29, 1.82) is 0 Å². The molecule has 1 fully saturated rings. The Balaban J connectivity index is 2.79. The van der Waals surface area contributed by atoms with Crippen LogP contribution in [0.25, 0.3) is 0 Å². The Kier molecular flexibility index (Phi) is 4.76. The van der Waals surface area contributed by atoms with E-state index in [1.807, 2.05) is 0 Å². The van der Waals surface area contributed by atoms with E-state index in [4.69, 9.17) is 15.2 Å². The van der Waals surface area contributed by atoms with E-state index in [9.17, 15) is 9.59 Å². The van der Waals surface area contributed by atoms with Crippen molar-refractivity contribution >= 4 is 22.4 Å². The van der Waals surface area contributed by atoms with Gasteiger partial charge in [-0.15, -0.1) is 0 Å². The minimum absolute atomic E-state index is 0.230. The molecule has 0 aromatic carbocycles. The van der Waals surface area contributed by atoms with Crippen LogP contribution < -0.4 is 11.2 Å². The lowest BCUT2D eigenvalue weighted by Crippen LogP contribution is -2.63. The molecule has 7 nitrogen and oxygen atoms in total. The largest absolute Gasteiger partial charge is 0.448 e. The van der Waals surface area contributed by atoms with E-state index >= 15 is 0 Å². The highest BCUT2D eigenvalue weighted by atomic mass is 28.1. The molecule has 0 aliphatic carbocycles. The normalized spacial score (nSPS) is 24.1. The van der Waals surface area contributed by atoms with Gasteiger partial charge in [-0.05, 0) is 26.2 Å². The Labute approximate surface area is 103 Å². The zero-order chi connectivity index (χ0) is 12.9. The van der Waals surface area contributed by atoms with Crippen LogP contribution in [-0.2, 0) is 9.47 Å². The molecule has 0 saturated carbocycles. The van der Waals surface area contributed by atoms with Crippen molar-refractivity contribution in [1.82, 2.24) is 10.4 Å². The summed E-state index contributed by atoms with van der Waals surface area (Å²) in [5, 5.41) is 0.323. The molecule has 98 valence electrons. The molecule has 8 heteroatoms. The Morgan fingerprint density at radius 2 is 2.29 bits per heavy atom. The molecule has 17 heavy (non-hydrogen) atoms. The first-order valence-corrected chi connectivity index (χ1v) is 6.66. The number of hydrogen-bond acceptors (Lipinski definition) is 4. The number of hydrazine groups is 1. The van der Waals surface area contributed by atoms with Crippen molar-refractivity contribution in [3.63, 3.8) is 0 Å². The molecule has 3 amide bonds. The first-order chi connectivity index (χ1) is 7.99. The van der Waals surface area contributed by atoms with E-state index < -0.39 is 17.5 Å². The molecule has 0 bridgehead atoms. The van der Waals surface area contributed by atoms with Crippen LogP contribution in [0.3, 0.4) is 0 Å². The van der Waals surface area contributed by atoms with E-state index in [1.165, 1.54) is 0 Å². The number of rotatable bonds is 2. The summed E-state index contributed by atoms with van der Waals surface area (Å²) in [6.07, 6.45) is 1.94. The molecule has 1 saturated heterocycles. The SMILES string of the molecule is CCOC(=O)N(NC(N)=O)C1([SiH3])CCCCO1. The molecular formula is C9H19N3O4Si. The molecule has 1 aliphatic heterocycles. The minimum atomic E-state index is -0.803. The fraction of sp³-hybridized carbons (Fsp3) is 0.778. The monoisotopic (exact) mass is 261 g/mol. The summed E-state index contributed by atoms with van der Waals surface area (Å²) in [5.74, 6) is 0. The van der Waals surface area contributed by atoms with Crippen LogP contribution in [0.5, 0.6) is 0 Å². The van der Waals surface area contributed by atoms with Crippen LogP contribution in [0.15, 0.2) is 0 Å². The lowest BCUT2D eigenvalue weighted by molar-refractivity contribution is -0.123. The first-order valence-electron chi connectivity index (χ1n) is 5.66. The van der Waals surface area contributed by atoms with E-state index in [2.05, 4.69) is 5.43 Å². The summed E-state index contributed by atoms with van der Waals surface area (Å²) in [6.45, 7) is 2.50. The van der Waals surface area contributed by atoms with E-state index in [1.54, 1.807) is 6.92 Å². The second-order valence-corrected chi connectivity index (χ2v) is 5.55. The second kappa shape index (κ2) is 5.87. The third kappa shape index (κ3) is 3.60. The molecule has 1 unspecified atom stereocenters. The second-order valence-electron chi connectivity index (χ2n) is 3.99. The number of nitrogens with zero attached hydrogens (tertiary/aromatic N) is 1. The summed E-state index contributed by atoms with van der Waals surface area (Å²) in [5.41, 5.74) is 7.34. The summed E-state index contributed by atoms with van der Waals surface area (Å²) in [7, 11) is 0.556. The van der Waals surface area contributed by atoms with Gasteiger partial charge in [-0.25, -0.2) is 15.0 Å². The Morgan fingerprint density at radius 3 is 2.76 bits per heavy atom. The van der Waals surface area contributed by atoms with Gasteiger partial charge in [0, 0.05) is 6.61 Å². The van der Waals surface area contributed by atoms with Gasteiger partial charge < -0.3 is 15.2 Å². The van der Waals surface area contributed by atoms with Crippen LogP contribution in [-0.4, -0.2) is 45.9 Å². The van der Waals surface area contributed by atoms with Crippen molar-refractivity contribution in [2.45, 2.75) is 31.5 Å². The van der Waals surface area contributed by atoms with Gasteiger partial charge >= 0.3 is 12.1 Å². The predicted octanol–water partition coefficient (Wildman–Crippen LogP) is -0.752. The number of carbonyl (C=O) groups excluding carboxylic acids is 2. The Bertz CT molecular complexity index is 294. The van der Waals surface area contributed by atoms with Crippen LogP contribution in [0, 0.1) is 0 Å². The third-order valence-electron chi connectivity index (χ3n) is 2.59. The molecule has 0 radical (unpaired) electrons. The van der Waals surface area contributed by atoms with Crippen LogP contribution in [0.1, 0.15) is 26.2 Å². The third-order valence-corrected chi connectivity index (χ3v) is 3.83. The van der Waals surface area contributed by atoms with Gasteiger partial charge in [0.15, 0.2) is 0 Å². The van der Waals surface area contributed by atoms with Crippen LogP contribution in [0.4, 0.5) is 9.59 Å². The maximum absolute atomic E-state index is 11.8. The highest BCUT2D eigenvalue weighted by Gasteiger charge is 2.39. The minimum Gasteiger partial charge on any atom is -0.448 e. The highest BCUT2D eigenvalue weighted by molar-refractivity contribution is 6.15. The summed E-state index contributed by atoms with van der Waals surface area (Å²) < 4.78 is 10.5. The maximum Gasteiger partial charge on any atom is 0.431 e. The average molecular weight is 261 g/mol. The van der Waals surface area contributed by atoms with Gasteiger partial charge in [0.2, 0.25) is 0 Å². The maximum atomic E-state index is 11.8. The first kappa shape index (κ1) is 13.8. The van der Waals surface area contributed by atoms with E-state index in [0.29, 0.717) is 23.3 Å². The molecule has 1 heterocycles. The number of ether oxygens (including phenoxy) is 2. The number of amides is 3. The molecule has 3 N–H and O–H groups in total. The smallest absolute Gasteiger partial charge is 0.431 e. The molecule has 1 rings (SSSR count). The summed E-state index contributed by atoms with van der Waals surface area (Å²) in [4.78, 5) is 22.7. The number of carbonyl (C=O) groups is 2. The molecule has 0 aromatic heterocycles. The van der Waals surface area contributed by atoms with Crippen molar-refractivity contribution in [2.24, 2.45) is 5.73 Å². The average Bonchev–Trinajstić information content (AvgIpc) is 2.27. The Hall–Kier alpha value is -1.28. The lowest BCUT2D eigenvalue weighted by Gasteiger charge is -2.42. The van der Waals surface area contributed by atoms with Gasteiger partial charge in [0.05, 0.1) is 16.8 Å². The zero-order valence-corrected chi connectivity index (χ0v) is 12.2. The van der Waals surface area contributed by atoms with Gasteiger partial charge in [0.1, 0.15) is 5.35 Å². The predicted molar refractivity (Wildman–Crippen MR) is 64.1 cm³/mol. The topological polar surface area (TPSA) is 93.9 Å². The number of primary amides is 1. The number of nitrogens with one attached hydrogen (secondary N) is 1. The molecule has 1 atom stereocenters. The van der Waals surface area contributed by atoms with E-state index in [-0.39, 0.29) is 6.61 Å². The van der Waals surface area contributed by atoms with Gasteiger partial charge in [0.25, 0.3) is 0 Å². The van der Waals surface area contributed by atoms with Crippen molar-refractivity contribution < 1.29 is 19.1 Å². The highest BCUT2D eigenvalue weighted by Crippen LogP contribution is 2.25. The fourth-order valence-corrected chi connectivity index (χ4v) is 2.60. The van der Waals surface area contributed by atoms with Gasteiger partial charge in [-0.1, -0.05) is 0 Å². The summed E-state index contributed by atoms with van der Waals surface area (Å²) in [6, 6.07) is -0.803. The van der Waals surface area contributed by atoms with Gasteiger partial charge in [-0.3, -0.25) is 0 Å². The van der Waals surface area contributed by atoms with E-state index in [0.717, 1.165) is 17.9 Å². The lowest BCUT2D eigenvalue weighted by atomic mass is 10.2. The zero-order valence-electron chi connectivity index (χ0n) is 10.2. The van der Waals surface area contributed by atoms with Crippen LogP contribution in [0.2, 0.25) is 0 Å². The molecular weight excluding hydrogens is 242 g/mol. The van der Waals surface area contributed by atoms with Gasteiger partial charge in [-0.2, -0.15) is 5.01 Å². The van der Waals surface area contributed by atoms with Crippen molar-refractivity contribution in [3.8, 4) is 0 Å². The van der Waals surface area contributed by atoms with Crippen molar-refractivity contribution in [2.75, 3.05) is 13.2 Å². The quantitative estimate of drug-likeness (QED) is 0.505. The standard InChI is InChI=1S/C9H19N3O4Si/c1-2-15-8(14)12(11-7(10)13)9(17)5-3-4-6-16-9/h2-6H2,1,17H3,(H3,10,11,13). The fourth-order valence-electron chi connectivity index (χ4n) is 1.75. The molecule has 0 aromatic rings. The van der Waals surface area contributed by atoms with Crippen molar-refractivity contribution in [3.05, 3.63) is 0 Å². The molecule has 1 aliphatic rings. The summed E-state index contributed by atoms with van der Waals surface area (Å²) >= 11 is 0.